The highest BCUT2D eigenvalue weighted by Gasteiger charge is 2.21. The van der Waals surface area contributed by atoms with Gasteiger partial charge in [0.1, 0.15) is 0 Å². The first-order valence-corrected chi connectivity index (χ1v) is 5.49. The third-order valence-corrected chi connectivity index (χ3v) is 2.90. The van der Waals surface area contributed by atoms with Crippen molar-refractivity contribution in [3.8, 4) is 17.2 Å². The molecule has 0 spiro atoms. The third-order valence-electron chi connectivity index (χ3n) is 2.90. The summed E-state index contributed by atoms with van der Waals surface area (Å²) in [5.74, 6) is -1.03. The molecule has 0 saturated carbocycles. The van der Waals surface area contributed by atoms with Crippen LogP contribution >= 0.6 is 0 Å². The Hall–Kier alpha value is -1.90. The summed E-state index contributed by atoms with van der Waals surface area (Å²) < 4.78 is 0. The molecule has 0 fully saturated rings. The monoisotopic (exact) mass is 232 g/mol. The van der Waals surface area contributed by atoms with Gasteiger partial charge in [-0.3, -0.25) is 0 Å². The molecule has 0 radical (unpaired) electrons. The maximum atomic E-state index is 9.97. The topological polar surface area (TPSA) is 60.7 Å². The van der Waals surface area contributed by atoms with E-state index >= 15 is 0 Å². The summed E-state index contributed by atoms with van der Waals surface area (Å²) in [6.45, 7) is 6.10. The molecule has 0 aliphatic carbocycles. The maximum absolute atomic E-state index is 9.97. The summed E-state index contributed by atoms with van der Waals surface area (Å²) in [5, 5.41) is 30.4. The summed E-state index contributed by atoms with van der Waals surface area (Å²) in [5.41, 5.74) is 0.781. The number of aromatic hydroxyl groups is 3. The van der Waals surface area contributed by atoms with Gasteiger partial charge in [-0.25, -0.2) is 0 Å². The molecule has 3 heteroatoms. The zero-order chi connectivity index (χ0) is 12.8. The van der Waals surface area contributed by atoms with Crippen molar-refractivity contribution in [1.29, 1.82) is 0 Å². The first-order chi connectivity index (χ1) is 7.82. The molecule has 2 aromatic rings. The van der Waals surface area contributed by atoms with E-state index in [9.17, 15) is 15.3 Å². The van der Waals surface area contributed by atoms with Gasteiger partial charge in [0.05, 0.1) is 0 Å². The van der Waals surface area contributed by atoms with Crippen molar-refractivity contribution in [1.82, 2.24) is 0 Å². The van der Waals surface area contributed by atoms with E-state index in [1.54, 1.807) is 6.07 Å². The van der Waals surface area contributed by atoms with Crippen molar-refractivity contribution in [2.45, 2.75) is 26.2 Å². The molecule has 3 N–H and O–H groups in total. The molecule has 0 atom stereocenters. The minimum atomic E-state index is -0.464. The molecular formula is C14H16O3. The van der Waals surface area contributed by atoms with Crippen molar-refractivity contribution in [3.05, 3.63) is 29.8 Å². The van der Waals surface area contributed by atoms with Gasteiger partial charge >= 0.3 is 0 Å². The molecule has 0 unspecified atom stereocenters. The van der Waals surface area contributed by atoms with E-state index in [-0.39, 0.29) is 16.9 Å². The maximum Gasteiger partial charge on any atom is 0.200 e. The average Bonchev–Trinajstić information content (AvgIpc) is 2.24. The highest BCUT2D eigenvalue weighted by atomic mass is 16.3. The summed E-state index contributed by atoms with van der Waals surface area (Å²) in [7, 11) is 0. The molecule has 0 amide bonds. The lowest BCUT2D eigenvalue weighted by molar-refractivity contribution is 0.371. The van der Waals surface area contributed by atoms with Gasteiger partial charge in [0.2, 0.25) is 5.75 Å². The van der Waals surface area contributed by atoms with Gasteiger partial charge in [-0.05, 0) is 22.4 Å². The normalized spacial score (nSPS) is 11.9. The highest BCUT2D eigenvalue weighted by Crippen LogP contribution is 2.44. The second-order valence-electron chi connectivity index (χ2n) is 5.25. The molecule has 2 aromatic carbocycles. The number of phenolic OH excluding ortho intramolecular Hbond substituents is 3. The van der Waals surface area contributed by atoms with Crippen molar-refractivity contribution in [3.63, 3.8) is 0 Å². The summed E-state index contributed by atoms with van der Waals surface area (Å²) in [6, 6.07) is 7.04. The SMILES string of the molecule is CC(C)(C)c1cccc2cc(O)c(O)c(O)c12. The molecule has 0 aliphatic heterocycles. The van der Waals surface area contributed by atoms with E-state index in [0.717, 1.165) is 5.56 Å². The molecule has 2 rings (SSSR count). The summed E-state index contributed by atoms with van der Waals surface area (Å²) in [6.07, 6.45) is 0. The van der Waals surface area contributed by atoms with Gasteiger partial charge in [0.25, 0.3) is 0 Å². The Balaban J connectivity index is 2.94. The van der Waals surface area contributed by atoms with Crippen LogP contribution in [0, 0.1) is 0 Å². The number of fused-ring (bicyclic) bond motifs is 1. The van der Waals surface area contributed by atoms with E-state index in [1.165, 1.54) is 6.07 Å². The van der Waals surface area contributed by atoms with Gasteiger partial charge in [-0.1, -0.05) is 39.0 Å². The van der Waals surface area contributed by atoms with Gasteiger partial charge in [-0.15, -0.1) is 0 Å². The molecule has 0 aromatic heterocycles. The van der Waals surface area contributed by atoms with E-state index in [1.807, 2.05) is 32.9 Å². The Morgan fingerprint density at radius 3 is 2.18 bits per heavy atom. The number of hydrogen-bond donors (Lipinski definition) is 3. The highest BCUT2D eigenvalue weighted by molar-refractivity contribution is 5.95. The van der Waals surface area contributed by atoms with Crippen LogP contribution < -0.4 is 0 Å². The molecule has 0 bridgehead atoms. The van der Waals surface area contributed by atoms with Gasteiger partial charge in [0.15, 0.2) is 11.5 Å². The fourth-order valence-electron chi connectivity index (χ4n) is 2.04. The summed E-state index contributed by atoms with van der Waals surface area (Å²) in [4.78, 5) is 0. The fraction of sp³-hybridized carbons (Fsp3) is 0.286. The van der Waals surface area contributed by atoms with Crippen LogP contribution in [-0.2, 0) is 5.41 Å². The second kappa shape index (κ2) is 3.55. The Bertz CT molecular complexity index is 580. The van der Waals surface area contributed by atoms with E-state index < -0.39 is 5.75 Å². The molecule has 0 heterocycles. The van der Waals surface area contributed by atoms with E-state index in [4.69, 9.17) is 0 Å². The van der Waals surface area contributed by atoms with Gasteiger partial charge < -0.3 is 15.3 Å². The lowest BCUT2D eigenvalue weighted by atomic mass is 9.83. The van der Waals surface area contributed by atoms with E-state index in [2.05, 4.69) is 0 Å². The predicted octanol–water partition coefficient (Wildman–Crippen LogP) is 3.25. The number of rotatable bonds is 0. The fourth-order valence-corrected chi connectivity index (χ4v) is 2.04. The van der Waals surface area contributed by atoms with Crippen LogP contribution in [0.1, 0.15) is 26.3 Å². The molecule has 3 nitrogen and oxygen atoms in total. The molecule has 0 saturated heterocycles. The van der Waals surface area contributed by atoms with Crippen LogP contribution in [0.15, 0.2) is 24.3 Å². The zero-order valence-corrected chi connectivity index (χ0v) is 10.2. The minimum Gasteiger partial charge on any atom is -0.504 e. The molecule has 17 heavy (non-hydrogen) atoms. The number of benzene rings is 2. The van der Waals surface area contributed by atoms with Crippen LogP contribution in [0.2, 0.25) is 0 Å². The first-order valence-electron chi connectivity index (χ1n) is 5.49. The van der Waals surface area contributed by atoms with Crippen molar-refractivity contribution < 1.29 is 15.3 Å². The van der Waals surface area contributed by atoms with Crippen LogP contribution in [0.4, 0.5) is 0 Å². The standard InChI is InChI=1S/C14H16O3/c1-14(2,3)9-6-4-5-8-7-10(15)12(16)13(17)11(8)9/h4-7,15-17H,1-3H3. The third kappa shape index (κ3) is 1.78. The lowest BCUT2D eigenvalue weighted by Crippen LogP contribution is -2.11. The van der Waals surface area contributed by atoms with Gasteiger partial charge in [0, 0.05) is 5.39 Å². The van der Waals surface area contributed by atoms with Crippen molar-refractivity contribution in [2.24, 2.45) is 0 Å². The number of phenols is 3. The molecular weight excluding hydrogens is 216 g/mol. The Kier molecular flexibility index (Phi) is 2.42. The van der Waals surface area contributed by atoms with Crippen LogP contribution in [0.25, 0.3) is 10.8 Å². The summed E-state index contributed by atoms with van der Waals surface area (Å²) >= 11 is 0. The average molecular weight is 232 g/mol. The molecule has 90 valence electrons. The van der Waals surface area contributed by atoms with Crippen LogP contribution in [0.5, 0.6) is 17.2 Å². The zero-order valence-electron chi connectivity index (χ0n) is 10.2. The van der Waals surface area contributed by atoms with Crippen LogP contribution in [0.3, 0.4) is 0 Å². The predicted molar refractivity (Wildman–Crippen MR) is 67.6 cm³/mol. The second-order valence-corrected chi connectivity index (χ2v) is 5.25. The van der Waals surface area contributed by atoms with E-state index in [0.29, 0.717) is 10.8 Å². The quantitative estimate of drug-likeness (QED) is 0.611. The molecule has 0 aliphatic rings. The lowest BCUT2D eigenvalue weighted by Gasteiger charge is -2.22. The first kappa shape index (κ1) is 11.6. The smallest absolute Gasteiger partial charge is 0.200 e. The van der Waals surface area contributed by atoms with Crippen molar-refractivity contribution in [2.75, 3.05) is 0 Å². The van der Waals surface area contributed by atoms with Crippen LogP contribution in [-0.4, -0.2) is 15.3 Å². The Labute approximate surface area is 100.0 Å². The van der Waals surface area contributed by atoms with Gasteiger partial charge in [-0.2, -0.15) is 0 Å². The largest absolute Gasteiger partial charge is 0.504 e. The Morgan fingerprint density at radius 1 is 0.941 bits per heavy atom. The van der Waals surface area contributed by atoms with Crippen molar-refractivity contribution >= 4 is 10.8 Å². The minimum absolute atomic E-state index is 0.152. The Morgan fingerprint density at radius 2 is 1.59 bits per heavy atom. The number of hydrogen-bond acceptors (Lipinski definition) is 3.